The Balaban J connectivity index is 1.73. The summed E-state index contributed by atoms with van der Waals surface area (Å²) >= 11 is 5.89. The van der Waals surface area contributed by atoms with E-state index in [2.05, 4.69) is 0 Å². The van der Waals surface area contributed by atoms with Gasteiger partial charge in [0, 0.05) is 37.1 Å². The van der Waals surface area contributed by atoms with Crippen LogP contribution in [0.2, 0.25) is 5.02 Å². The van der Waals surface area contributed by atoms with Crippen LogP contribution in [0.3, 0.4) is 0 Å². The molecule has 1 aliphatic carbocycles. The van der Waals surface area contributed by atoms with Crippen molar-refractivity contribution in [3.63, 3.8) is 0 Å². The van der Waals surface area contributed by atoms with E-state index >= 15 is 0 Å². The summed E-state index contributed by atoms with van der Waals surface area (Å²) < 4.78 is 26.8. The number of hydrogen-bond acceptors (Lipinski definition) is 3. The molecule has 1 saturated carbocycles. The van der Waals surface area contributed by atoms with Gasteiger partial charge in [0.1, 0.15) is 0 Å². The summed E-state index contributed by atoms with van der Waals surface area (Å²) in [6.07, 6.45) is 2.61. The summed E-state index contributed by atoms with van der Waals surface area (Å²) in [5.41, 5.74) is 0. The van der Waals surface area contributed by atoms with Gasteiger partial charge in [0.15, 0.2) is 0 Å². The molecule has 0 bridgehead atoms. The van der Waals surface area contributed by atoms with Gasteiger partial charge in [-0.25, -0.2) is 8.42 Å². The largest absolute Gasteiger partial charge is 0.341 e. The Morgan fingerprint density at radius 1 is 1.14 bits per heavy atom. The van der Waals surface area contributed by atoms with Gasteiger partial charge < -0.3 is 4.90 Å². The minimum Gasteiger partial charge on any atom is -0.341 e. The second-order valence-electron chi connectivity index (χ2n) is 5.81. The van der Waals surface area contributed by atoms with Crippen molar-refractivity contribution in [1.29, 1.82) is 0 Å². The van der Waals surface area contributed by atoms with Crippen molar-refractivity contribution in [3.05, 3.63) is 29.3 Å². The number of sulfonamides is 1. The van der Waals surface area contributed by atoms with E-state index in [4.69, 9.17) is 11.6 Å². The van der Waals surface area contributed by atoms with Gasteiger partial charge in [-0.1, -0.05) is 17.7 Å². The maximum absolute atomic E-state index is 12.7. The molecule has 3 rings (SSSR count). The first-order valence-corrected chi connectivity index (χ1v) is 9.35. The van der Waals surface area contributed by atoms with Gasteiger partial charge in [0.25, 0.3) is 0 Å². The number of benzene rings is 1. The van der Waals surface area contributed by atoms with Gasteiger partial charge in [0.2, 0.25) is 15.9 Å². The van der Waals surface area contributed by atoms with E-state index < -0.39 is 10.0 Å². The quantitative estimate of drug-likeness (QED) is 0.844. The second-order valence-corrected chi connectivity index (χ2v) is 8.19. The number of halogens is 1. The van der Waals surface area contributed by atoms with Crippen LogP contribution in [0.4, 0.5) is 0 Å². The van der Waals surface area contributed by atoms with Gasteiger partial charge in [-0.05, 0) is 37.5 Å². The van der Waals surface area contributed by atoms with Crippen LogP contribution >= 0.6 is 11.6 Å². The average Bonchev–Trinajstić information content (AvgIpc) is 3.33. The van der Waals surface area contributed by atoms with Crippen LogP contribution < -0.4 is 0 Å². The highest BCUT2D eigenvalue weighted by atomic mass is 35.5. The predicted octanol–water partition coefficient (Wildman–Crippen LogP) is 1.97. The fraction of sp³-hybridized carbons (Fsp3) is 0.533. The number of rotatable bonds is 3. The van der Waals surface area contributed by atoms with Crippen molar-refractivity contribution in [2.45, 2.75) is 24.2 Å². The minimum absolute atomic E-state index is 0.177. The van der Waals surface area contributed by atoms with Gasteiger partial charge in [-0.15, -0.1) is 0 Å². The van der Waals surface area contributed by atoms with E-state index in [1.54, 1.807) is 18.2 Å². The molecule has 0 spiro atoms. The zero-order valence-corrected chi connectivity index (χ0v) is 13.8. The molecule has 1 aliphatic heterocycles. The Kier molecular flexibility index (Phi) is 4.43. The summed E-state index contributed by atoms with van der Waals surface area (Å²) in [4.78, 5) is 14.1. The molecule has 0 atom stereocenters. The van der Waals surface area contributed by atoms with Crippen molar-refractivity contribution in [2.75, 3.05) is 26.2 Å². The highest BCUT2D eigenvalue weighted by Gasteiger charge is 2.35. The second kappa shape index (κ2) is 6.18. The highest BCUT2D eigenvalue weighted by Crippen LogP contribution is 2.31. The van der Waals surface area contributed by atoms with E-state index in [0.717, 1.165) is 12.8 Å². The first-order valence-electron chi connectivity index (χ1n) is 7.53. The summed E-state index contributed by atoms with van der Waals surface area (Å²) in [6, 6.07) is 6.31. The summed E-state index contributed by atoms with van der Waals surface area (Å²) in [6.45, 7) is 1.88. The Morgan fingerprint density at radius 3 is 2.59 bits per heavy atom. The third-order valence-corrected chi connectivity index (χ3v) is 6.26. The van der Waals surface area contributed by atoms with Gasteiger partial charge in [-0.2, -0.15) is 4.31 Å². The van der Waals surface area contributed by atoms with Crippen LogP contribution in [-0.2, 0) is 14.8 Å². The third-order valence-electron chi connectivity index (χ3n) is 4.13. The van der Waals surface area contributed by atoms with Crippen LogP contribution in [0.25, 0.3) is 0 Å². The highest BCUT2D eigenvalue weighted by molar-refractivity contribution is 7.89. The fourth-order valence-corrected chi connectivity index (χ4v) is 4.49. The number of amides is 1. The molecule has 0 N–H and O–H groups in total. The van der Waals surface area contributed by atoms with E-state index in [1.807, 2.05) is 4.90 Å². The molecule has 1 saturated heterocycles. The smallest absolute Gasteiger partial charge is 0.243 e. The number of nitrogens with zero attached hydrogens (tertiary/aromatic N) is 2. The molecular formula is C15H19ClN2O3S. The molecule has 1 amide bonds. The molecule has 22 heavy (non-hydrogen) atoms. The molecule has 0 radical (unpaired) electrons. The monoisotopic (exact) mass is 342 g/mol. The molecule has 2 fully saturated rings. The van der Waals surface area contributed by atoms with Crippen LogP contribution in [0.15, 0.2) is 29.2 Å². The number of carbonyl (C=O) groups is 1. The van der Waals surface area contributed by atoms with Crippen LogP contribution in [0, 0.1) is 5.92 Å². The molecular weight excluding hydrogens is 324 g/mol. The van der Waals surface area contributed by atoms with Crippen molar-refractivity contribution in [2.24, 2.45) is 5.92 Å². The first-order chi connectivity index (χ1) is 10.5. The standard InChI is InChI=1S/C15H19ClN2O3S/c16-13-3-1-4-14(11-13)22(20,21)18-8-2-7-17(9-10-18)15(19)12-5-6-12/h1,3-4,11-12H,2,5-10H2. The topological polar surface area (TPSA) is 57.7 Å². The third kappa shape index (κ3) is 3.29. The minimum atomic E-state index is -3.55. The zero-order valence-electron chi connectivity index (χ0n) is 12.2. The van der Waals surface area contributed by atoms with Gasteiger partial charge in [-0.3, -0.25) is 4.79 Å². The molecule has 2 aliphatic rings. The molecule has 1 aromatic rings. The predicted molar refractivity (Wildman–Crippen MR) is 84.1 cm³/mol. The Hall–Kier alpha value is -1.11. The molecule has 120 valence electrons. The summed E-state index contributed by atoms with van der Waals surface area (Å²) in [7, 11) is -3.55. The maximum Gasteiger partial charge on any atom is 0.243 e. The molecule has 0 unspecified atom stereocenters. The average molecular weight is 343 g/mol. The Morgan fingerprint density at radius 2 is 1.91 bits per heavy atom. The van der Waals surface area contributed by atoms with Crippen molar-refractivity contribution < 1.29 is 13.2 Å². The lowest BCUT2D eigenvalue weighted by Crippen LogP contribution is -2.37. The van der Waals surface area contributed by atoms with Crippen molar-refractivity contribution >= 4 is 27.5 Å². The Bertz CT molecular complexity index is 673. The SMILES string of the molecule is O=C(C1CC1)N1CCCN(S(=O)(=O)c2cccc(Cl)c2)CC1. The van der Waals surface area contributed by atoms with Crippen LogP contribution in [0.5, 0.6) is 0 Å². The lowest BCUT2D eigenvalue weighted by Gasteiger charge is -2.22. The molecule has 7 heteroatoms. The molecule has 0 aromatic heterocycles. The van der Waals surface area contributed by atoms with Crippen LogP contribution in [0.1, 0.15) is 19.3 Å². The summed E-state index contributed by atoms with van der Waals surface area (Å²) in [5.74, 6) is 0.359. The number of hydrogen-bond donors (Lipinski definition) is 0. The van der Waals surface area contributed by atoms with Crippen molar-refractivity contribution in [3.8, 4) is 0 Å². The summed E-state index contributed by atoms with van der Waals surface area (Å²) in [5, 5.41) is 0.404. The van der Waals surface area contributed by atoms with E-state index in [-0.39, 0.29) is 16.7 Å². The zero-order chi connectivity index (χ0) is 15.7. The molecule has 5 nitrogen and oxygen atoms in total. The first kappa shape index (κ1) is 15.8. The van der Waals surface area contributed by atoms with Gasteiger partial charge in [0.05, 0.1) is 4.90 Å². The van der Waals surface area contributed by atoms with Crippen molar-refractivity contribution in [1.82, 2.24) is 9.21 Å². The number of carbonyl (C=O) groups excluding carboxylic acids is 1. The lowest BCUT2D eigenvalue weighted by molar-refractivity contribution is -0.132. The van der Waals surface area contributed by atoms with Gasteiger partial charge >= 0.3 is 0 Å². The Labute approximate surface area is 135 Å². The van der Waals surface area contributed by atoms with E-state index in [9.17, 15) is 13.2 Å². The van der Waals surface area contributed by atoms with Crippen LogP contribution in [-0.4, -0.2) is 49.7 Å². The van der Waals surface area contributed by atoms with E-state index in [0.29, 0.717) is 37.6 Å². The fourth-order valence-electron chi connectivity index (χ4n) is 2.72. The lowest BCUT2D eigenvalue weighted by atomic mass is 10.3. The molecule has 1 heterocycles. The molecule has 1 aromatic carbocycles. The normalized spacial score (nSPS) is 20.7. The van der Waals surface area contributed by atoms with E-state index in [1.165, 1.54) is 10.4 Å². The maximum atomic E-state index is 12.7.